The molecule has 2 aromatic carbocycles. The maximum absolute atomic E-state index is 12.0. The first-order chi connectivity index (χ1) is 10.6. The van der Waals surface area contributed by atoms with Crippen LogP contribution in [0.5, 0.6) is 0 Å². The van der Waals surface area contributed by atoms with Crippen LogP contribution in [0.15, 0.2) is 48.5 Å². The van der Waals surface area contributed by atoms with Crippen LogP contribution in [0.2, 0.25) is 0 Å². The zero-order valence-corrected chi connectivity index (χ0v) is 13.4. The third kappa shape index (κ3) is 3.06. The number of anilines is 1. The summed E-state index contributed by atoms with van der Waals surface area (Å²) in [5.41, 5.74) is 4.82. The molecular formula is C20H23NO. The highest BCUT2D eigenvalue weighted by atomic mass is 16.2. The van der Waals surface area contributed by atoms with Gasteiger partial charge in [-0.3, -0.25) is 4.79 Å². The van der Waals surface area contributed by atoms with Crippen molar-refractivity contribution in [2.24, 2.45) is 0 Å². The minimum Gasteiger partial charge on any atom is -0.312 e. The van der Waals surface area contributed by atoms with Gasteiger partial charge in [-0.05, 0) is 47.6 Å². The molecular weight excluding hydrogens is 270 g/mol. The molecule has 1 aliphatic heterocycles. The SMILES string of the molecule is CC(C)c1cccc(-c2ccc(N3CCCCC3=O)cc2)c1. The van der Waals surface area contributed by atoms with Gasteiger partial charge in [0.2, 0.25) is 5.91 Å². The third-order valence-corrected chi connectivity index (χ3v) is 4.39. The number of carbonyl (C=O) groups excluding carboxylic acids is 1. The maximum atomic E-state index is 12.0. The van der Waals surface area contributed by atoms with Crippen molar-refractivity contribution in [3.8, 4) is 11.1 Å². The Balaban J connectivity index is 1.85. The summed E-state index contributed by atoms with van der Waals surface area (Å²) in [6.45, 7) is 5.27. The summed E-state index contributed by atoms with van der Waals surface area (Å²) in [5.74, 6) is 0.783. The van der Waals surface area contributed by atoms with Gasteiger partial charge in [0, 0.05) is 18.7 Å². The zero-order chi connectivity index (χ0) is 15.5. The van der Waals surface area contributed by atoms with Gasteiger partial charge in [0.15, 0.2) is 0 Å². The number of rotatable bonds is 3. The van der Waals surface area contributed by atoms with Crippen molar-refractivity contribution in [2.45, 2.75) is 39.0 Å². The van der Waals surface area contributed by atoms with Crippen LogP contribution in [-0.2, 0) is 4.79 Å². The zero-order valence-electron chi connectivity index (χ0n) is 13.4. The lowest BCUT2D eigenvalue weighted by atomic mass is 9.97. The molecule has 0 radical (unpaired) electrons. The monoisotopic (exact) mass is 293 g/mol. The van der Waals surface area contributed by atoms with Crippen LogP contribution in [0.3, 0.4) is 0 Å². The summed E-state index contributed by atoms with van der Waals surface area (Å²) < 4.78 is 0. The summed E-state index contributed by atoms with van der Waals surface area (Å²) in [5, 5.41) is 0. The van der Waals surface area contributed by atoms with Crippen molar-refractivity contribution < 1.29 is 4.79 Å². The lowest BCUT2D eigenvalue weighted by Crippen LogP contribution is -2.35. The van der Waals surface area contributed by atoms with Crippen molar-refractivity contribution >= 4 is 11.6 Å². The van der Waals surface area contributed by atoms with Gasteiger partial charge in [0.1, 0.15) is 0 Å². The molecule has 22 heavy (non-hydrogen) atoms. The number of nitrogens with zero attached hydrogens (tertiary/aromatic N) is 1. The Morgan fingerprint density at radius 1 is 0.955 bits per heavy atom. The third-order valence-electron chi connectivity index (χ3n) is 4.39. The number of hydrogen-bond donors (Lipinski definition) is 0. The predicted octanol–water partition coefficient (Wildman–Crippen LogP) is 4.99. The fraction of sp³-hybridized carbons (Fsp3) is 0.350. The van der Waals surface area contributed by atoms with E-state index in [4.69, 9.17) is 0 Å². The Morgan fingerprint density at radius 3 is 2.41 bits per heavy atom. The minimum absolute atomic E-state index is 0.251. The van der Waals surface area contributed by atoms with E-state index in [1.807, 2.05) is 4.90 Å². The largest absolute Gasteiger partial charge is 0.312 e. The molecule has 0 aromatic heterocycles. The summed E-state index contributed by atoms with van der Waals surface area (Å²) in [7, 11) is 0. The lowest BCUT2D eigenvalue weighted by molar-refractivity contribution is -0.119. The lowest BCUT2D eigenvalue weighted by Gasteiger charge is -2.26. The number of benzene rings is 2. The molecule has 0 spiro atoms. The van der Waals surface area contributed by atoms with Crippen LogP contribution < -0.4 is 4.90 Å². The highest BCUT2D eigenvalue weighted by Crippen LogP contribution is 2.27. The number of piperidine rings is 1. The van der Waals surface area contributed by atoms with Gasteiger partial charge in [-0.15, -0.1) is 0 Å². The molecule has 0 bridgehead atoms. The van der Waals surface area contributed by atoms with Crippen molar-refractivity contribution in [1.29, 1.82) is 0 Å². The normalized spacial score (nSPS) is 15.4. The van der Waals surface area contributed by atoms with Gasteiger partial charge in [0.25, 0.3) is 0 Å². The summed E-state index contributed by atoms with van der Waals surface area (Å²) >= 11 is 0. The first-order valence-corrected chi connectivity index (χ1v) is 8.16. The fourth-order valence-corrected chi connectivity index (χ4v) is 2.99. The van der Waals surface area contributed by atoms with E-state index in [0.717, 1.165) is 25.1 Å². The van der Waals surface area contributed by atoms with E-state index in [9.17, 15) is 4.79 Å². The highest BCUT2D eigenvalue weighted by molar-refractivity contribution is 5.94. The molecule has 1 amide bonds. The molecule has 1 saturated heterocycles. The second-order valence-corrected chi connectivity index (χ2v) is 6.33. The topological polar surface area (TPSA) is 20.3 Å². The Labute approximate surface area is 132 Å². The van der Waals surface area contributed by atoms with E-state index in [1.54, 1.807) is 0 Å². The van der Waals surface area contributed by atoms with Gasteiger partial charge in [-0.2, -0.15) is 0 Å². The first kappa shape index (κ1) is 14.8. The van der Waals surface area contributed by atoms with E-state index in [2.05, 4.69) is 62.4 Å². The first-order valence-electron chi connectivity index (χ1n) is 8.16. The molecule has 1 fully saturated rings. The van der Waals surface area contributed by atoms with Gasteiger partial charge in [-0.1, -0.05) is 50.2 Å². The predicted molar refractivity (Wildman–Crippen MR) is 92.2 cm³/mol. The second kappa shape index (κ2) is 6.35. The van der Waals surface area contributed by atoms with Gasteiger partial charge >= 0.3 is 0 Å². The summed E-state index contributed by atoms with van der Waals surface area (Å²) in [6, 6.07) is 17.1. The molecule has 2 aromatic rings. The van der Waals surface area contributed by atoms with E-state index in [1.165, 1.54) is 16.7 Å². The van der Waals surface area contributed by atoms with Gasteiger partial charge in [0.05, 0.1) is 0 Å². The van der Waals surface area contributed by atoms with E-state index >= 15 is 0 Å². The van der Waals surface area contributed by atoms with Crippen molar-refractivity contribution in [2.75, 3.05) is 11.4 Å². The van der Waals surface area contributed by atoms with E-state index in [-0.39, 0.29) is 5.91 Å². The molecule has 0 atom stereocenters. The number of amides is 1. The van der Waals surface area contributed by atoms with Crippen LogP contribution in [0.1, 0.15) is 44.6 Å². The average Bonchev–Trinajstić information content (AvgIpc) is 2.56. The van der Waals surface area contributed by atoms with Gasteiger partial charge in [-0.25, -0.2) is 0 Å². The van der Waals surface area contributed by atoms with E-state index in [0.29, 0.717) is 12.3 Å². The molecule has 0 unspecified atom stereocenters. The molecule has 2 heteroatoms. The summed E-state index contributed by atoms with van der Waals surface area (Å²) in [4.78, 5) is 13.9. The number of carbonyl (C=O) groups is 1. The second-order valence-electron chi connectivity index (χ2n) is 6.33. The Bertz CT molecular complexity index is 658. The Kier molecular flexibility index (Phi) is 4.28. The summed E-state index contributed by atoms with van der Waals surface area (Å²) in [6.07, 6.45) is 2.80. The Morgan fingerprint density at radius 2 is 1.73 bits per heavy atom. The fourth-order valence-electron chi connectivity index (χ4n) is 2.99. The van der Waals surface area contributed by atoms with Crippen LogP contribution in [-0.4, -0.2) is 12.5 Å². The number of hydrogen-bond acceptors (Lipinski definition) is 1. The molecule has 1 heterocycles. The van der Waals surface area contributed by atoms with Crippen LogP contribution >= 0.6 is 0 Å². The van der Waals surface area contributed by atoms with E-state index < -0.39 is 0 Å². The quantitative estimate of drug-likeness (QED) is 0.780. The average molecular weight is 293 g/mol. The van der Waals surface area contributed by atoms with Crippen LogP contribution in [0.4, 0.5) is 5.69 Å². The molecule has 114 valence electrons. The molecule has 0 aliphatic carbocycles. The van der Waals surface area contributed by atoms with Crippen molar-refractivity contribution in [3.05, 3.63) is 54.1 Å². The van der Waals surface area contributed by atoms with Gasteiger partial charge < -0.3 is 4.90 Å². The maximum Gasteiger partial charge on any atom is 0.226 e. The molecule has 3 rings (SSSR count). The van der Waals surface area contributed by atoms with Crippen molar-refractivity contribution in [3.63, 3.8) is 0 Å². The van der Waals surface area contributed by atoms with Crippen LogP contribution in [0.25, 0.3) is 11.1 Å². The van der Waals surface area contributed by atoms with Crippen LogP contribution in [0, 0.1) is 0 Å². The minimum atomic E-state index is 0.251. The van der Waals surface area contributed by atoms with Crippen molar-refractivity contribution in [1.82, 2.24) is 0 Å². The standard InChI is InChI=1S/C20H23NO/c1-15(2)17-6-5-7-18(14-17)16-9-11-19(12-10-16)21-13-4-3-8-20(21)22/h5-7,9-12,14-15H,3-4,8,13H2,1-2H3. The highest BCUT2D eigenvalue weighted by Gasteiger charge is 2.19. The molecule has 0 saturated carbocycles. The molecule has 1 aliphatic rings. The smallest absolute Gasteiger partial charge is 0.226 e. The molecule has 0 N–H and O–H groups in total. The molecule has 2 nitrogen and oxygen atoms in total. The Hall–Kier alpha value is -2.09.